The number of hydrogen-bond donors (Lipinski definition) is 1. The van der Waals surface area contributed by atoms with Gasteiger partial charge in [-0.05, 0) is 26.7 Å². The molecule has 1 aliphatic carbocycles. The largest absolute Gasteiger partial charge is 0.370 e. The van der Waals surface area contributed by atoms with Gasteiger partial charge in [0.15, 0.2) is 0 Å². The van der Waals surface area contributed by atoms with Gasteiger partial charge in [-0.25, -0.2) is 9.97 Å². The van der Waals surface area contributed by atoms with Crippen LogP contribution in [0.25, 0.3) is 0 Å². The first kappa shape index (κ1) is 14.1. The van der Waals surface area contributed by atoms with Crippen molar-refractivity contribution in [2.75, 3.05) is 23.8 Å². The monoisotopic (exact) mass is 262 g/mol. The zero-order valence-electron chi connectivity index (χ0n) is 12.4. The summed E-state index contributed by atoms with van der Waals surface area (Å²) < 4.78 is 0. The van der Waals surface area contributed by atoms with Crippen LogP contribution in [0.2, 0.25) is 0 Å². The van der Waals surface area contributed by atoms with Crippen molar-refractivity contribution in [1.29, 1.82) is 0 Å². The molecule has 0 unspecified atom stereocenters. The Bertz CT molecular complexity index is 397. The quantitative estimate of drug-likeness (QED) is 0.845. The highest BCUT2D eigenvalue weighted by atomic mass is 15.2. The molecule has 1 aromatic heterocycles. The summed E-state index contributed by atoms with van der Waals surface area (Å²) in [6.45, 7) is 5.10. The van der Waals surface area contributed by atoms with Gasteiger partial charge < -0.3 is 10.2 Å². The van der Waals surface area contributed by atoms with Gasteiger partial charge in [-0.15, -0.1) is 0 Å². The summed E-state index contributed by atoms with van der Waals surface area (Å²) in [5.41, 5.74) is 1.16. The van der Waals surface area contributed by atoms with Crippen molar-refractivity contribution in [3.8, 4) is 0 Å². The Labute approximate surface area is 116 Å². The van der Waals surface area contributed by atoms with Gasteiger partial charge in [0.05, 0.1) is 0 Å². The number of rotatable bonds is 4. The van der Waals surface area contributed by atoms with Gasteiger partial charge >= 0.3 is 0 Å². The maximum absolute atomic E-state index is 4.50. The average molecular weight is 262 g/mol. The minimum absolute atomic E-state index is 0.630. The third-order valence-electron chi connectivity index (χ3n) is 4.11. The molecule has 1 aromatic rings. The molecule has 0 bridgehead atoms. The van der Waals surface area contributed by atoms with Gasteiger partial charge in [-0.1, -0.05) is 25.7 Å². The first-order valence-corrected chi connectivity index (χ1v) is 7.52. The summed E-state index contributed by atoms with van der Waals surface area (Å²) >= 11 is 0. The highest BCUT2D eigenvalue weighted by molar-refractivity contribution is 5.57. The molecule has 1 fully saturated rings. The van der Waals surface area contributed by atoms with Crippen molar-refractivity contribution in [3.05, 3.63) is 11.9 Å². The number of hydrogen-bond acceptors (Lipinski definition) is 4. The second-order valence-corrected chi connectivity index (χ2v) is 5.46. The van der Waals surface area contributed by atoms with Gasteiger partial charge in [0, 0.05) is 25.2 Å². The van der Waals surface area contributed by atoms with Crippen LogP contribution in [0.4, 0.5) is 11.6 Å². The maximum Gasteiger partial charge on any atom is 0.137 e. The standard InChI is InChI=1S/C15H26N4/c1-4-16-14-12(2)15(18-11-17-14)19(3)13-9-7-5-6-8-10-13/h11,13H,4-10H2,1-3H3,(H,16,17,18). The van der Waals surface area contributed by atoms with Crippen LogP contribution in [-0.4, -0.2) is 29.6 Å². The Kier molecular flexibility index (Phi) is 5.00. The number of nitrogens with zero attached hydrogens (tertiary/aromatic N) is 3. The SMILES string of the molecule is CCNc1ncnc(N(C)C2CCCCCC2)c1C. The molecule has 106 valence electrons. The zero-order valence-corrected chi connectivity index (χ0v) is 12.4. The second kappa shape index (κ2) is 6.73. The van der Waals surface area contributed by atoms with E-state index in [-0.39, 0.29) is 0 Å². The van der Waals surface area contributed by atoms with Crippen LogP contribution >= 0.6 is 0 Å². The summed E-state index contributed by atoms with van der Waals surface area (Å²) in [7, 11) is 2.18. The zero-order chi connectivity index (χ0) is 13.7. The number of anilines is 2. The van der Waals surface area contributed by atoms with Gasteiger partial charge in [0.25, 0.3) is 0 Å². The molecule has 1 saturated carbocycles. The lowest BCUT2D eigenvalue weighted by Gasteiger charge is -2.29. The Balaban J connectivity index is 2.17. The fourth-order valence-corrected chi connectivity index (χ4v) is 2.96. The van der Waals surface area contributed by atoms with Gasteiger partial charge in [0.2, 0.25) is 0 Å². The molecule has 0 spiro atoms. The van der Waals surface area contributed by atoms with Gasteiger partial charge in [0.1, 0.15) is 18.0 Å². The smallest absolute Gasteiger partial charge is 0.137 e. The van der Waals surface area contributed by atoms with Crippen molar-refractivity contribution in [1.82, 2.24) is 9.97 Å². The summed E-state index contributed by atoms with van der Waals surface area (Å²) in [6.07, 6.45) is 9.71. The Morgan fingerprint density at radius 3 is 2.53 bits per heavy atom. The molecule has 0 amide bonds. The third-order valence-corrected chi connectivity index (χ3v) is 4.11. The van der Waals surface area contributed by atoms with E-state index in [9.17, 15) is 0 Å². The normalized spacial score (nSPS) is 17.0. The van der Waals surface area contributed by atoms with E-state index in [0.29, 0.717) is 6.04 Å². The topological polar surface area (TPSA) is 41.1 Å². The second-order valence-electron chi connectivity index (χ2n) is 5.46. The molecule has 4 heteroatoms. The minimum atomic E-state index is 0.630. The van der Waals surface area contributed by atoms with Crippen LogP contribution in [0.15, 0.2) is 6.33 Å². The average Bonchev–Trinajstić information content (AvgIpc) is 2.69. The van der Waals surface area contributed by atoms with Crippen molar-refractivity contribution < 1.29 is 0 Å². The molecular weight excluding hydrogens is 236 g/mol. The van der Waals surface area contributed by atoms with E-state index < -0.39 is 0 Å². The number of aromatic nitrogens is 2. The molecule has 1 aliphatic rings. The van der Waals surface area contributed by atoms with E-state index in [1.165, 1.54) is 38.5 Å². The Morgan fingerprint density at radius 1 is 1.21 bits per heavy atom. The van der Waals surface area contributed by atoms with Crippen LogP contribution in [0.5, 0.6) is 0 Å². The summed E-state index contributed by atoms with van der Waals surface area (Å²) in [6, 6.07) is 0.630. The highest BCUT2D eigenvalue weighted by Gasteiger charge is 2.20. The Morgan fingerprint density at radius 2 is 1.89 bits per heavy atom. The molecule has 0 saturated heterocycles. The van der Waals surface area contributed by atoms with Crippen molar-refractivity contribution in [2.45, 2.75) is 58.4 Å². The summed E-state index contributed by atoms with van der Waals surface area (Å²) in [5, 5.41) is 3.31. The van der Waals surface area contributed by atoms with Crippen LogP contribution in [0.3, 0.4) is 0 Å². The van der Waals surface area contributed by atoms with Crippen LogP contribution in [0, 0.1) is 6.92 Å². The molecule has 2 rings (SSSR count). The van der Waals surface area contributed by atoms with Crippen molar-refractivity contribution in [3.63, 3.8) is 0 Å². The fraction of sp³-hybridized carbons (Fsp3) is 0.733. The van der Waals surface area contributed by atoms with Gasteiger partial charge in [-0.3, -0.25) is 0 Å². The minimum Gasteiger partial charge on any atom is -0.370 e. The molecule has 0 aromatic carbocycles. The van der Waals surface area contributed by atoms with Crippen LogP contribution in [-0.2, 0) is 0 Å². The van der Waals surface area contributed by atoms with E-state index in [0.717, 1.165) is 23.7 Å². The van der Waals surface area contributed by atoms with E-state index in [1.54, 1.807) is 6.33 Å². The molecule has 0 atom stereocenters. The molecule has 1 N–H and O–H groups in total. The Hall–Kier alpha value is -1.32. The van der Waals surface area contributed by atoms with Crippen LogP contribution in [0.1, 0.15) is 51.0 Å². The summed E-state index contributed by atoms with van der Waals surface area (Å²) in [5.74, 6) is 2.05. The molecular formula is C15H26N4. The fourth-order valence-electron chi connectivity index (χ4n) is 2.96. The van der Waals surface area contributed by atoms with E-state index >= 15 is 0 Å². The maximum atomic E-state index is 4.50. The lowest BCUT2D eigenvalue weighted by Crippen LogP contribution is -2.32. The first-order chi connectivity index (χ1) is 9.24. The summed E-state index contributed by atoms with van der Waals surface area (Å²) in [4.78, 5) is 11.2. The molecule has 4 nitrogen and oxygen atoms in total. The first-order valence-electron chi connectivity index (χ1n) is 7.52. The van der Waals surface area contributed by atoms with E-state index in [4.69, 9.17) is 0 Å². The van der Waals surface area contributed by atoms with E-state index in [1.807, 2.05) is 0 Å². The number of nitrogens with one attached hydrogen (secondary N) is 1. The van der Waals surface area contributed by atoms with Crippen molar-refractivity contribution in [2.24, 2.45) is 0 Å². The third kappa shape index (κ3) is 3.37. The molecule has 1 heterocycles. The molecule has 19 heavy (non-hydrogen) atoms. The molecule has 0 aliphatic heterocycles. The lowest BCUT2D eigenvalue weighted by atomic mass is 10.1. The predicted octanol–water partition coefficient (Wildman–Crippen LogP) is 3.38. The molecule has 0 radical (unpaired) electrons. The van der Waals surface area contributed by atoms with Crippen molar-refractivity contribution >= 4 is 11.6 Å². The lowest BCUT2D eigenvalue weighted by molar-refractivity contribution is 0.548. The predicted molar refractivity (Wildman–Crippen MR) is 80.8 cm³/mol. The van der Waals surface area contributed by atoms with Gasteiger partial charge in [-0.2, -0.15) is 0 Å². The van der Waals surface area contributed by atoms with Crippen LogP contribution < -0.4 is 10.2 Å². The van der Waals surface area contributed by atoms with E-state index in [2.05, 4.69) is 41.1 Å². The highest BCUT2D eigenvalue weighted by Crippen LogP contribution is 2.28.